The second kappa shape index (κ2) is 6.69. The number of carbonyl (C=O) groups is 2. The summed E-state index contributed by atoms with van der Waals surface area (Å²) in [4.78, 5) is 26.3. The number of nitrogens with zero attached hydrogens (tertiary/aromatic N) is 1. The number of rotatable bonds is 4. The first-order valence-electron chi connectivity index (χ1n) is 7.95. The van der Waals surface area contributed by atoms with E-state index in [0.717, 1.165) is 18.4 Å². The molecule has 1 aliphatic heterocycles. The zero-order valence-electron chi connectivity index (χ0n) is 12.6. The Hall–Kier alpha value is -1.55. The summed E-state index contributed by atoms with van der Waals surface area (Å²) in [6.45, 7) is 1.06. The van der Waals surface area contributed by atoms with Crippen molar-refractivity contribution in [3.05, 3.63) is 34.9 Å². The average molecular weight is 321 g/mol. The van der Waals surface area contributed by atoms with Gasteiger partial charge in [-0.25, -0.2) is 0 Å². The lowest BCUT2D eigenvalue weighted by molar-refractivity contribution is -0.130. The van der Waals surface area contributed by atoms with Crippen LogP contribution in [0.15, 0.2) is 24.3 Å². The molecule has 0 bridgehead atoms. The summed E-state index contributed by atoms with van der Waals surface area (Å²) in [5.41, 5.74) is 1.01. The Morgan fingerprint density at radius 3 is 2.59 bits per heavy atom. The third kappa shape index (κ3) is 3.43. The summed E-state index contributed by atoms with van der Waals surface area (Å²) in [6, 6.07) is 7.77. The number of hydrogen-bond acceptors (Lipinski definition) is 2. The second-order valence-electron chi connectivity index (χ2n) is 6.23. The number of halogens is 1. The lowest BCUT2D eigenvalue weighted by atomic mass is 10.1. The predicted molar refractivity (Wildman–Crippen MR) is 85.4 cm³/mol. The number of carbonyl (C=O) groups excluding carboxylic acids is 2. The van der Waals surface area contributed by atoms with Crippen LogP contribution in [0.25, 0.3) is 0 Å². The molecule has 0 spiro atoms. The smallest absolute Gasteiger partial charge is 0.225 e. The van der Waals surface area contributed by atoms with Crippen LogP contribution in [0.4, 0.5) is 0 Å². The summed E-state index contributed by atoms with van der Waals surface area (Å²) < 4.78 is 0. The minimum Gasteiger partial charge on any atom is -0.352 e. The summed E-state index contributed by atoms with van der Waals surface area (Å²) in [5, 5.41) is 3.62. The minimum atomic E-state index is -0.208. The fourth-order valence-corrected chi connectivity index (χ4v) is 3.54. The molecule has 1 heterocycles. The normalized spacial score (nSPS) is 22.3. The minimum absolute atomic E-state index is 0.0243. The average Bonchev–Trinajstić information content (AvgIpc) is 3.15. The van der Waals surface area contributed by atoms with Crippen molar-refractivity contribution in [1.82, 2.24) is 10.2 Å². The van der Waals surface area contributed by atoms with E-state index in [1.54, 1.807) is 0 Å². The molecule has 3 rings (SSSR count). The van der Waals surface area contributed by atoms with Crippen LogP contribution in [0.3, 0.4) is 0 Å². The standard InChI is InChI=1S/C17H21ClN2O2/c18-14-7-5-12(6-8-14)10-19-17(22)13-9-16(21)20(11-13)15-3-1-2-4-15/h5-8,13,15H,1-4,9-11H2,(H,19,22)/t13-/m0/s1. The first-order valence-corrected chi connectivity index (χ1v) is 8.33. The SMILES string of the molecule is O=C(NCc1ccc(Cl)cc1)[C@H]1CC(=O)N(C2CCCC2)C1. The van der Waals surface area contributed by atoms with Gasteiger partial charge in [0.1, 0.15) is 0 Å². The number of nitrogens with one attached hydrogen (secondary N) is 1. The molecule has 1 aromatic rings. The van der Waals surface area contributed by atoms with Crippen molar-refractivity contribution in [3.8, 4) is 0 Å². The van der Waals surface area contributed by atoms with Gasteiger partial charge in [0, 0.05) is 30.6 Å². The van der Waals surface area contributed by atoms with Crippen LogP contribution in [-0.2, 0) is 16.1 Å². The van der Waals surface area contributed by atoms with Crippen molar-refractivity contribution >= 4 is 23.4 Å². The highest BCUT2D eigenvalue weighted by Gasteiger charge is 2.38. The maximum absolute atomic E-state index is 12.3. The first kappa shape index (κ1) is 15.3. The molecule has 1 saturated heterocycles. The topological polar surface area (TPSA) is 49.4 Å². The first-order chi connectivity index (χ1) is 10.6. The molecular formula is C17H21ClN2O2. The van der Waals surface area contributed by atoms with Crippen molar-refractivity contribution in [2.45, 2.75) is 44.7 Å². The van der Waals surface area contributed by atoms with E-state index in [-0.39, 0.29) is 17.7 Å². The molecule has 2 fully saturated rings. The number of likely N-dealkylation sites (tertiary alicyclic amines) is 1. The van der Waals surface area contributed by atoms with Crippen LogP contribution < -0.4 is 5.32 Å². The maximum atomic E-state index is 12.3. The molecule has 4 nitrogen and oxygen atoms in total. The van der Waals surface area contributed by atoms with Gasteiger partial charge in [-0.05, 0) is 30.5 Å². The second-order valence-corrected chi connectivity index (χ2v) is 6.67. The third-order valence-electron chi connectivity index (χ3n) is 4.67. The van der Waals surface area contributed by atoms with Gasteiger partial charge in [0.15, 0.2) is 0 Å². The summed E-state index contributed by atoms with van der Waals surface area (Å²) in [7, 11) is 0. The van der Waals surface area contributed by atoms with Gasteiger partial charge in [0.2, 0.25) is 11.8 Å². The quantitative estimate of drug-likeness (QED) is 0.927. The van der Waals surface area contributed by atoms with Gasteiger partial charge < -0.3 is 10.2 Å². The van der Waals surface area contributed by atoms with Crippen LogP contribution in [0.2, 0.25) is 5.02 Å². The summed E-state index contributed by atoms with van der Waals surface area (Å²) >= 11 is 5.84. The van der Waals surface area contributed by atoms with Crippen LogP contribution in [-0.4, -0.2) is 29.3 Å². The molecule has 1 aromatic carbocycles. The summed E-state index contributed by atoms with van der Waals surface area (Å²) in [6.07, 6.45) is 4.92. The zero-order valence-corrected chi connectivity index (χ0v) is 13.3. The van der Waals surface area contributed by atoms with Gasteiger partial charge in [-0.2, -0.15) is 0 Å². The number of benzene rings is 1. The molecule has 118 valence electrons. The largest absolute Gasteiger partial charge is 0.352 e. The van der Waals surface area contributed by atoms with Crippen LogP contribution >= 0.6 is 11.6 Å². The molecule has 0 radical (unpaired) electrons. The van der Waals surface area contributed by atoms with Gasteiger partial charge >= 0.3 is 0 Å². The van der Waals surface area contributed by atoms with Gasteiger partial charge in [0.05, 0.1) is 5.92 Å². The van der Waals surface area contributed by atoms with E-state index in [4.69, 9.17) is 11.6 Å². The van der Waals surface area contributed by atoms with E-state index in [9.17, 15) is 9.59 Å². The molecule has 1 N–H and O–H groups in total. The zero-order chi connectivity index (χ0) is 15.5. The molecule has 1 atom stereocenters. The molecule has 2 aliphatic rings. The highest BCUT2D eigenvalue weighted by molar-refractivity contribution is 6.30. The molecule has 2 amide bonds. The Morgan fingerprint density at radius 2 is 1.91 bits per heavy atom. The lowest BCUT2D eigenvalue weighted by Crippen LogP contribution is -2.36. The molecule has 1 saturated carbocycles. The molecule has 1 aliphatic carbocycles. The Bertz CT molecular complexity index is 552. The summed E-state index contributed by atoms with van der Waals surface area (Å²) in [5.74, 6) is -0.0947. The molecule has 0 aromatic heterocycles. The highest BCUT2D eigenvalue weighted by Crippen LogP contribution is 2.29. The van der Waals surface area contributed by atoms with Crippen LogP contribution in [0.5, 0.6) is 0 Å². The molecular weight excluding hydrogens is 300 g/mol. The van der Waals surface area contributed by atoms with E-state index in [0.29, 0.717) is 30.6 Å². The third-order valence-corrected chi connectivity index (χ3v) is 4.93. The number of amides is 2. The van der Waals surface area contributed by atoms with Crippen molar-refractivity contribution in [1.29, 1.82) is 0 Å². The Morgan fingerprint density at radius 1 is 1.23 bits per heavy atom. The fraction of sp³-hybridized carbons (Fsp3) is 0.529. The van der Waals surface area contributed by atoms with Gasteiger partial charge in [0.25, 0.3) is 0 Å². The van der Waals surface area contributed by atoms with Crippen molar-refractivity contribution in [3.63, 3.8) is 0 Å². The molecule has 0 unspecified atom stereocenters. The van der Waals surface area contributed by atoms with E-state index < -0.39 is 0 Å². The fourth-order valence-electron chi connectivity index (χ4n) is 3.41. The van der Waals surface area contributed by atoms with E-state index in [2.05, 4.69) is 5.32 Å². The van der Waals surface area contributed by atoms with Crippen LogP contribution in [0.1, 0.15) is 37.7 Å². The maximum Gasteiger partial charge on any atom is 0.225 e. The van der Waals surface area contributed by atoms with Gasteiger partial charge in [-0.15, -0.1) is 0 Å². The predicted octanol–water partition coefficient (Wildman–Crippen LogP) is 2.75. The lowest BCUT2D eigenvalue weighted by Gasteiger charge is -2.23. The number of hydrogen-bond donors (Lipinski definition) is 1. The Labute approximate surface area is 135 Å². The molecule has 5 heteroatoms. The Balaban J connectivity index is 1.52. The highest BCUT2D eigenvalue weighted by atomic mass is 35.5. The van der Waals surface area contributed by atoms with Crippen molar-refractivity contribution < 1.29 is 9.59 Å². The van der Waals surface area contributed by atoms with E-state index in [1.165, 1.54) is 12.8 Å². The van der Waals surface area contributed by atoms with E-state index >= 15 is 0 Å². The van der Waals surface area contributed by atoms with Crippen molar-refractivity contribution in [2.24, 2.45) is 5.92 Å². The van der Waals surface area contributed by atoms with Gasteiger partial charge in [-0.1, -0.05) is 36.6 Å². The van der Waals surface area contributed by atoms with E-state index in [1.807, 2.05) is 29.2 Å². The Kier molecular flexibility index (Phi) is 4.67. The van der Waals surface area contributed by atoms with Gasteiger partial charge in [-0.3, -0.25) is 9.59 Å². The monoisotopic (exact) mass is 320 g/mol. The van der Waals surface area contributed by atoms with Crippen LogP contribution in [0, 0.1) is 5.92 Å². The van der Waals surface area contributed by atoms with Crippen molar-refractivity contribution in [2.75, 3.05) is 6.54 Å². The molecule has 22 heavy (non-hydrogen) atoms.